The Bertz CT molecular complexity index is 552. The number of carboxylic acids is 2. The standard InChI is InChI=1S/C11H10BrClN2O5/c12-6-3-5(1-2-7(6)13)14-11(20)15-8(10(18)19)4-9(16)17/h1-3,8H,4H2,(H,16,17)(H,18,19)(H2,14,15,20)/t8-/m1/s1. The highest BCUT2D eigenvalue weighted by Crippen LogP contribution is 2.25. The Kier molecular flexibility index (Phi) is 5.78. The first-order valence-corrected chi connectivity index (χ1v) is 6.44. The van der Waals surface area contributed by atoms with E-state index in [9.17, 15) is 14.4 Å². The normalized spacial score (nSPS) is 11.5. The van der Waals surface area contributed by atoms with Gasteiger partial charge < -0.3 is 20.8 Å². The summed E-state index contributed by atoms with van der Waals surface area (Å²) in [5.41, 5.74) is 0.373. The maximum absolute atomic E-state index is 11.6. The van der Waals surface area contributed by atoms with Crippen LogP contribution in [0.25, 0.3) is 0 Å². The van der Waals surface area contributed by atoms with Gasteiger partial charge in [0.05, 0.1) is 11.4 Å². The molecule has 0 aliphatic rings. The van der Waals surface area contributed by atoms with Crippen LogP contribution in [0.5, 0.6) is 0 Å². The molecule has 0 unspecified atom stereocenters. The molecule has 108 valence electrons. The Morgan fingerprint density at radius 3 is 2.45 bits per heavy atom. The van der Waals surface area contributed by atoms with Crippen LogP contribution in [-0.4, -0.2) is 34.2 Å². The van der Waals surface area contributed by atoms with Crippen molar-refractivity contribution in [2.75, 3.05) is 5.32 Å². The molecule has 1 aromatic carbocycles. The number of amides is 2. The summed E-state index contributed by atoms with van der Waals surface area (Å²) in [7, 11) is 0. The predicted octanol–water partition coefficient (Wildman–Crippen LogP) is 2.15. The molecule has 9 heteroatoms. The summed E-state index contributed by atoms with van der Waals surface area (Å²) in [5.74, 6) is -2.76. The summed E-state index contributed by atoms with van der Waals surface area (Å²) in [4.78, 5) is 32.8. The average molecular weight is 366 g/mol. The number of benzene rings is 1. The fourth-order valence-electron chi connectivity index (χ4n) is 1.27. The summed E-state index contributed by atoms with van der Waals surface area (Å²) < 4.78 is 0.553. The van der Waals surface area contributed by atoms with Crippen molar-refractivity contribution in [2.24, 2.45) is 0 Å². The Balaban J connectivity index is 2.67. The van der Waals surface area contributed by atoms with Crippen molar-refractivity contribution in [1.82, 2.24) is 5.32 Å². The lowest BCUT2D eigenvalue weighted by molar-refractivity contribution is -0.145. The van der Waals surface area contributed by atoms with Crippen LogP contribution in [0, 0.1) is 0 Å². The molecule has 0 heterocycles. The molecule has 1 atom stereocenters. The number of hydrogen-bond acceptors (Lipinski definition) is 3. The number of rotatable bonds is 5. The maximum atomic E-state index is 11.6. The summed E-state index contributed by atoms with van der Waals surface area (Å²) in [6.07, 6.45) is -0.715. The lowest BCUT2D eigenvalue weighted by Crippen LogP contribution is -2.44. The van der Waals surface area contributed by atoms with Gasteiger partial charge in [0.1, 0.15) is 6.04 Å². The van der Waals surface area contributed by atoms with Gasteiger partial charge in [-0.05, 0) is 34.1 Å². The zero-order chi connectivity index (χ0) is 15.3. The molecule has 0 bridgehead atoms. The van der Waals surface area contributed by atoms with Crippen molar-refractivity contribution < 1.29 is 24.6 Å². The van der Waals surface area contributed by atoms with Crippen molar-refractivity contribution in [3.05, 3.63) is 27.7 Å². The lowest BCUT2D eigenvalue weighted by Gasteiger charge is -2.13. The van der Waals surface area contributed by atoms with Crippen LogP contribution >= 0.6 is 27.5 Å². The molecule has 0 spiro atoms. The summed E-state index contributed by atoms with van der Waals surface area (Å²) in [5, 5.41) is 22.2. The monoisotopic (exact) mass is 364 g/mol. The van der Waals surface area contributed by atoms with Gasteiger partial charge >= 0.3 is 18.0 Å². The Morgan fingerprint density at radius 1 is 1.30 bits per heavy atom. The van der Waals surface area contributed by atoms with Crippen molar-refractivity contribution in [3.63, 3.8) is 0 Å². The highest BCUT2D eigenvalue weighted by atomic mass is 79.9. The summed E-state index contributed by atoms with van der Waals surface area (Å²) in [6, 6.07) is 2.23. The number of urea groups is 1. The van der Waals surface area contributed by atoms with E-state index in [1.807, 2.05) is 0 Å². The van der Waals surface area contributed by atoms with Gasteiger partial charge in [-0.15, -0.1) is 0 Å². The minimum atomic E-state index is -1.51. The van der Waals surface area contributed by atoms with Crippen LogP contribution in [0.3, 0.4) is 0 Å². The van der Waals surface area contributed by atoms with E-state index in [0.717, 1.165) is 0 Å². The summed E-state index contributed by atoms with van der Waals surface area (Å²) in [6.45, 7) is 0. The van der Waals surface area contributed by atoms with Crippen molar-refractivity contribution in [1.29, 1.82) is 0 Å². The molecule has 20 heavy (non-hydrogen) atoms. The van der Waals surface area contributed by atoms with Gasteiger partial charge in [-0.25, -0.2) is 9.59 Å². The number of carbonyl (C=O) groups is 3. The van der Waals surface area contributed by atoms with Crippen LogP contribution in [0.1, 0.15) is 6.42 Å². The van der Waals surface area contributed by atoms with Crippen LogP contribution in [-0.2, 0) is 9.59 Å². The van der Waals surface area contributed by atoms with Crippen LogP contribution in [0.4, 0.5) is 10.5 Å². The van der Waals surface area contributed by atoms with E-state index >= 15 is 0 Å². The quantitative estimate of drug-likeness (QED) is 0.638. The van der Waals surface area contributed by atoms with E-state index in [1.54, 1.807) is 0 Å². The third-order valence-corrected chi connectivity index (χ3v) is 3.37. The molecule has 7 nitrogen and oxygen atoms in total. The zero-order valence-electron chi connectivity index (χ0n) is 9.89. The number of nitrogens with one attached hydrogen (secondary N) is 2. The number of halogens is 2. The molecular formula is C11H10BrClN2O5. The Labute approximate surface area is 127 Å². The number of hydrogen-bond donors (Lipinski definition) is 4. The smallest absolute Gasteiger partial charge is 0.326 e. The van der Waals surface area contributed by atoms with E-state index in [1.165, 1.54) is 18.2 Å². The minimum absolute atomic E-state index is 0.373. The van der Waals surface area contributed by atoms with Gasteiger partial charge in [0.25, 0.3) is 0 Å². The zero-order valence-corrected chi connectivity index (χ0v) is 12.2. The van der Waals surface area contributed by atoms with Crippen LogP contribution < -0.4 is 10.6 Å². The molecule has 0 aromatic heterocycles. The first-order chi connectivity index (χ1) is 9.29. The SMILES string of the molecule is O=C(O)C[C@@H](NC(=O)Nc1ccc(Cl)c(Br)c1)C(=O)O. The fraction of sp³-hybridized carbons (Fsp3) is 0.182. The van der Waals surface area contributed by atoms with Gasteiger partial charge in [0, 0.05) is 10.2 Å². The number of carboxylic acid groups (broad SMARTS) is 2. The highest BCUT2D eigenvalue weighted by Gasteiger charge is 2.23. The van der Waals surface area contributed by atoms with Gasteiger partial charge in [-0.2, -0.15) is 0 Å². The first-order valence-electron chi connectivity index (χ1n) is 5.26. The molecule has 0 aliphatic carbocycles. The molecule has 4 N–H and O–H groups in total. The van der Waals surface area contributed by atoms with E-state index in [4.69, 9.17) is 21.8 Å². The van der Waals surface area contributed by atoms with E-state index in [-0.39, 0.29) is 0 Å². The third kappa shape index (κ3) is 5.06. The second kappa shape index (κ2) is 7.11. The second-order valence-corrected chi connectivity index (χ2v) is 4.98. The molecule has 1 rings (SSSR count). The van der Waals surface area contributed by atoms with Crippen molar-refractivity contribution in [3.8, 4) is 0 Å². The lowest BCUT2D eigenvalue weighted by atomic mass is 10.2. The number of aliphatic carboxylic acids is 2. The number of carbonyl (C=O) groups excluding carboxylic acids is 1. The Morgan fingerprint density at radius 2 is 1.95 bits per heavy atom. The first kappa shape index (κ1) is 16.3. The summed E-state index contributed by atoms with van der Waals surface area (Å²) >= 11 is 8.95. The molecule has 0 aliphatic heterocycles. The van der Waals surface area contributed by atoms with Crippen LogP contribution in [0.15, 0.2) is 22.7 Å². The largest absolute Gasteiger partial charge is 0.481 e. The maximum Gasteiger partial charge on any atom is 0.326 e. The van der Waals surface area contributed by atoms with E-state index in [0.29, 0.717) is 15.2 Å². The second-order valence-electron chi connectivity index (χ2n) is 3.72. The van der Waals surface area contributed by atoms with Gasteiger partial charge in [0.15, 0.2) is 0 Å². The van der Waals surface area contributed by atoms with Crippen molar-refractivity contribution in [2.45, 2.75) is 12.5 Å². The molecular weight excluding hydrogens is 355 g/mol. The number of anilines is 1. The Hall–Kier alpha value is -1.80. The van der Waals surface area contributed by atoms with Gasteiger partial charge in [0.2, 0.25) is 0 Å². The third-order valence-electron chi connectivity index (χ3n) is 2.16. The van der Waals surface area contributed by atoms with Gasteiger partial charge in [-0.1, -0.05) is 11.6 Å². The molecule has 1 aromatic rings. The topological polar surface area (TPSA) is 116 Å². The molecule has 2 amide bonds. The van der Waals surface area contributed by atoms with Crippen molar-refractivity contribution >= 4 is 51.2 Å². The predicted molar refractivity (Wildman–Crippen MR) is 75.0 cm³/mol. The fourth-order valence-corrected chi connectivity index (χ4v) is 1.77. The molecule has 0 saturated carbocycles. The minimum Gasteiger partial charge on any atom is -0.481 e. The molecule has 0 fully saturated rings. The van der Waals surface area contributed by atoms with Crippen LogP contribution in [0.2, 0.25) is 5.02 Å². The highest BCUT2D eigenvalue weighted by molar-refractivity contribution is 9.10. The van der Waals surface area contributed by atoms with E-state index < -0.39 is 30.4 Å². The average Bonchev–Trinajstić information content (AvgIpc) is 2.32. The van der Waals surface area contributed by atoms with E-state index in [2.05, 4.69) is 26.6 Å². The molecule has 0 radical (unpaired) electrons. The molecule has 0 saturated heterocycles. The van der Waals surface area contributed by atoms with Gasteiger partial charge in [-0.3, -0.25) is 4.79 Å².